The van der Waals surface area contributed by atoms with Crippen LogP contribution in [0.5, 0.6) is 5.75 Å². The van der Waals surface area contributed by atoms with Gasteiger partial charge in [-0.05, 0) is 85.3 Å². The molecule has 0 unspecified atom stereocenters. The van der Waals surface area contributed by atoms with Gasteiger partial charge in [0.25, 0.3) is 5.56 Å². The zero-order valence-electron chi connectivity index (χ0n) is 23.2. The molecule has 1 N–H and O–H groups in total. The highest BCUT2D eigenvalue weighted by Gasteiger charge is 2.36. The zero-order valence-corrected chi connectivity index (χ0v) is 23.2. The molecular formula is C29H37N7O2. The predicted molar refractivity (Wildman–Crippen MR) is 150 cm³/mol. The van der Waals surface area contributed by atoms with Gasteiger partial charge in [-0.15, -0.1) is 5.10 Å². The fraction of sp³-hybridized carbons (Fsp3) is 0.448. The molecule has 200 valence electrons. The number of fused-ring (bicyclic) bond motifs is 1. The topological polar surface area (TPSA) is 92.2 Å². The maximum absolute atomic E-state index is 13.6. The molecule has 0 saturated carbocycles. The van der Waals surface area contributed by atoms with Crippen LogP contribution in [0.25, 0.3) is 10.9 Å². The van der Waals surface area contributed by atoms with Crippen molar-refractivity contribution in [3.63, 3.8) is 0 Å². The predicted octanol–water partition coefficient (Wildman–Crippen LogP) is 4.20. The van der Waals surface area contributed by atoms with Crippen LogP contribution in [0.4, 0.5) is 5.69 Å². The number of methoxy groups -OCH3 is 1. The van der Waals surface area contributed by atoms with Crippen LogP contribution in [-0.4, -0.2) is 63.4 Å². The van der Waals surface area contributed by atoms with Crippen molar-refractivity contribution in [1.29, 1.82) is 0 Å². The zero-order chi connectivity index (χ0) is 27.0. The van der Waals surface area contributed by atoms with Crippen molar-refractivity contribution in [3.05, 3.63) is 75.3 Å². The lowest BCUT2D eigenvalue weighted by Crippen LogP contribution is -2.49. The third-order valence-corrected chi connectivity index (χ3v) is 8.15. The van der Waals surface area contributed by atoms with E-state index in [9.17, 15) is 4.79 Å². The number of anilines is 1. The summed E-state index contributed by atoms with van der Waals surface area (Å²) in [6.45, 7) is 14.0. The van der Waals surface area contributed by atoms with Crippen LogP contribution in [0.3, 0.4) is 0 Å². The number of aryl methyl sites for hydroxylation is 1. The second kappa shape index (κ2) is 10.2. The van der Waals surface area contributed by atoms with Crippen molar-refractivity contribution in [1.82, 2.24) is 30.1 Å². The molecule has 9 heteroatoms. The first-order valence-corrected chi connectivity index (χ1v) is 13.3. The second-order valence-corrected chi connectivity index (χ2v) is 10.8. The monoisotopic (exact) mass is 515 g/mol. The van der Waals surface area contributed by atoms with Gasteiger partial charge in [0.1, 0.15) is 11.8 Å². The van der Waals surface area contributed by atoms with E-state index in [1.165, 1.54) is 16.8 Å². The number of benzene rings is 2. The SMILES string of the molecule is CCC(C)(C)n1nnnc1[C@@H](c1cc2ccc(OC)cc2[nH]c1=O)N1CCN(c2cccc(C)c2C)CC1. The van der Waals surface area contributed by atoms with E-state index in [1.807, 2.05) is 28.9 Å². The summed E-state index contributed by atoms with van der Waals surface area (Å²) in [6.07, 6.45) is 0.853. The van der Waals surface area contributed by atoms with E-state index in [2.05, 4.69) is 83.1 Å². The third kappa shape index (κ3) is 4.67. The number of aromatic nitrogens is 5. The number of hydrogen-bond acceptors (Lipinski definition) is 7. The fourth-order valence-corrected chi connectivity index (χ4v) is 5.27. The highest BCUT2D eigenvalue weighted by atomic mass is 16.5. The summed E-state index contributed by atoms with van der Waals surface area (Å²) >= 11 is 0. The largest absolute Gasteiger partial charge is 0.497 e. The molecule has 1 fully saturated rings. The molecule has 2 aromatic carbocycles. The molecule has 0 bridgehead atoms. The lowest BCUT2D eigenvalue weighted by molar-refractivity contribution is 0.186. The highest BCUT2D eigenvalue weighted by Crippen LogP contribution is 2.33. The van der Waals surface area contributed by atoms with E-state index in [0.717, 1.165) is 43.5 Å². The van der Waals surface area contributed by atoms with E-state index >= 15 is 0 Å². The molecule has 1 saturated heterocycles. The first-order chi connectivity index (χ1) is 18.2. The van der Waals surface area contributed by atoms with Crippen LogP contribution in [0, 0.1) is 13.8 Å². The number of rotatable bonds is 7. The second-order valence-electron chi connectivity index (χ2n) is 10.8. The van der Waals surface area contributed by atoms with E-state index in [-0.39, 0.29) is 17.1 Å². The number of ether oxygens (including phenoxy) is 1. The summed E-state index contributed by atoms with van der Waals surface area (Å²) in [6, 6.07) is 13.8. The molecule has 0 aliphatic carbocycles. The van der Waals surface area contributed by atoms with Gasteiger partial charge in [0.2, 0.25) is 0 Å². The molecule has 2 aromatic heterocycles. The van der Waals surface area contributed by atoms with Gasteiger partial charge in [-0.3, -0.25) is 9.69 Å². The number of tetrazole rings is 1. The smallest absolute Gasteiger partial charge is 0.253 e. The van der Waals surface area contributed by atoms with Crippen molar-refractivity contribution >= 4 is 16.6 Å². The molecule has 1 aliphatic rings. The Morgan fingerprint density at radius 1 is 1.08 bits per heavy atom. The molecule has 9 nitrogen and oxygen atoms in total. The average Bonchev–Trinajstić information content (AvgIpc) is 3.41. The Morgan fingerprint density at radius 3 is 2.55 bits per heavy atom. The summed E-state index contributed by atoms with van der Waals surface area (Å²) in [4.78, 5) is 21.5. The maximum Gasteiger partial charge on any atom is 0.253 e. The molecule has 1 aliphatic heterocycles. The van der Waals surface area contributed by atoms with Gasteiger partial charge in [-0.1, -0.05) is 19.1 Å². The summed E-state index contributed by atoms with van der Waals surface area (Å²) in [5, 5.41) is 13.9. The van der Waals surface area contributed by atoms with Gasteiger partial charge in [0.05, 0.1) is 18.2 Å². The molecule has 0 radical (unpaired) electrons. The molecule has 1 atom stereocenters. The van der Waals surface area contributed by atoms with E-state index in [4.69, 9.17) is 4.74 Å². The normalized spacial score (nSPS) is 15.7. The van der Waals surface area contributed by atoms with E-state index in [0.29, 0.717) is 17.1 Å². The van der Waals surface area contributed by atoms with Crippen molar-refractivity contribution < 1.29 is 4.74 Å². The fourth-order valence-electron chi connectivity index (χ4n) is 5.27. The summed E-state index contributed by atoms with van der Waals surface area (Å²) < 4.78 is 7.25. The molecule has 0 spiro atoms. The minimum absolute atomic E-state index is 0.142. The third-order valence-electron chi connectivity index (χ3n) is 8.15. The Balaban J connectivity index is 1.56. The number of nitrogens with zero attached hydrogens (tertiary/aromatic N) is 6. The standard InChI is InChI=1S/C29H37N7O2/c1-7-29(4,5)36-27(31-32-33-36)26(23-17-21-11-12-22(38-6)18-24(21)30-28(23)37)35-15-13-34(14-16-35)25-10-8-9-19(2)20(25)3/h8-12,17-18,26H,7,13-16H2,1-6H3,(H,30,37)/t26-/m1/s1. The summed E-state index contributed by atoms with van der Waals surface area (Å²) in [5.41, 5.74) is 4.83. The van der Waals surface area contributed by atoms with E-state index in [1.54, 1.807) is 7.11 Å². The highest BCUT2D eigenvalue weighted by molar-refractivity contribution is 5.80. The minimum Gasteiger partial charge on any atom is -0.497 e. The van der Waals surface area contributed by atoms with Crippen LogP contribution in [-0.2, 0) is 5.54 Å². The number of nitrogens with one attached hydrogen (secondary N) is 1. The molecule has 0 amide bonds. The lowest BCUT2D eigenvalue weighted by atomic mass is 9.98. The quantitative estimate of drug-likeness (QED) is 0.394. The van der Waals surface area contributed by atoms with Gasteiger partial charge in [-0.2, -0.15) is 0 Å². The van der Waals surface area contributed by atoms with Crippen molar-refractivity contribution in [3.8, 4) is 5.75 Å². The van der Waals surface area contributed by atoms with Crippen LogP contribution in [0.1, 0.15) is 55.7 Å². The van der Waals surface area contributed by atoms with Crippen LogP contribution in [0.2, 0.25) is 0 Å². The number of pyridine rings is 1. The Hall–Kier alpha value is -3.72. The summed E-state index contributed by atoms with van der Waals surface area (Å²) in [5.74, 6) is 1.39. The van der Waals surface area contributed by atoms with Crippen molar-refractivity contribution in [2.45, 2.75) is 52.6 Å². The first-order valence-electron chi connectivity index (χ1n) is 13.3. The number of H-pyrrole nitrogens is 1. The van der Waals surface area contributed by atoms with Gasteiger partial charge in [0.15, 0.2) is 5.82 Å². The Morgan fingerprint density at radius 2 is 1.84 bits per heavy atom. The molecule has 38 heavy (non-hydrogen) atoms. The first kappa shape index (κ1) is 25.9. The Kier molecular flexibility index (Phi) is 6.96. The average molecular weight is 516 g/mol. The molecule has 3 heterocycles. The summed E-state index contributed by atoms with van der Waals surface area (Å²) in [7, 11) is 1.62. The van der Waals surface area contributed by atoms with Crippen molar-refractivity contribution in [2.75, 3.05) is 38.2 Å². The van der Waals surface area contributed by atoms with Gasteiger partial charge in [-0.25, -0.2) is 4.68 Å². The van der Waals surface area contributed by atoms with Crippen LogP contribution in [0.15, 0.2) is 47.3 Å². The van der Waals surface area contributed by atoms with Crippen LogP contribution < -0.4 is 15.2 Å². The maximum atomic E-state index is 13.6. The lowest BCUT2D eigenvalue weighted by Gasteiger charge is -2.40. The Bertz CT molecular complexity index is 1500. The Labute approximate surface area is 223 Å². The van der Waals surface area contributed by atoms with E-state index < -0.39 is 0 Å². The van der Waals surface area contributed by atoms with Crippen LogP contribution >= 0.6 is 0 Å². The number of hydrogen-bond donors (Lipinski definition) is 1. The van der Waals surface area contributed by atoms with Crippen molar-refractivity contribution in [2.24, 2.45) is 0 Å². The van der Waals surface area contributed by atoms with Gasteiger partial charge < -0.3 is 14.6 Å². The van der Waals surface area contributed by atoms with Gasteiger partial charge >= 0.3 is 0 Å². The molecule has 4 aromatic rings. The number of aromatic amines is 1. The minimum atomic E-state index is -0.383. The number of piperazine rings is 1. The van der Waals surface area contributed by atoms with Gasteiger partial charge in [0, 0.05) is 43.5 Å². The molecular weight excluding hydrogens is 478 g/mol. The molecule has 5 rings (SSSR count).